The minimum Gasteiger partial charge on any atom is -0.351 e. The van der Waals surface area contributed by atoms with Crippen molar-refractivity contribution in [3.63, 3.8) is 0 Å². The van der Waals surface area contributed by atoms with Crippen LogP contribution in [0, 0.1) is 11.3 Å². The Kier molecular flexibility index (Phi) is 6.49. The summed E-state index contributed by atoms with van der Waals surface area (Å²) < 4.78 is 4.74. The van der Waals surface area contributed by atoms with Crippen LogP contribution in [0.15, 0.2) is 22.8 Å². The maximum Gasteiger partial charge on any atom is 0.229 e. The van der Waals surface area contributed by atoms with Gasteiger partial charge in [-0.15, -0.1) is 24.8 Å². The molecule has 1 aromatic heterocycles. The molecule has 1 aromatic carbocycles. The SMILES string of the molecule is Cl.Cl.O=C(NCc1ccc2nonc2c1)[C@@]12CNC[C@@H]1CN(C1CCCC1)C2. The summed E-state index contributed by atoms with van der Waals surface area (Å²) >= 11 is 0. The average molecular weight is 428 g/mol. The van der Waals surface area contributed by atoms with Gasteiger partial charge in [0, 0.05) is 44.7 Å². The lowest BCUT2D eigenvalue weighted by Gasteiger charge is -2.29. The lowest BCUT2D eigenvalue weighted by atomic mass is 9.80. The molecule has 2 atom stereocenters. The molecule has 9 heteroatoms. The topological polar surface area (TPSA) is 83.3 Å². The summed E-state index contributed by atoms with van der Waals surface area (Å²) in [6.07, 6.45) is 5.26. The van der Waals surface area contributed by atoms with E-state index in [0.29, 0.717) is 18.5 Å². The van der Waals surface area contributed by atoms with Gasteiger partial charge in [0.25, 0.3) is 0 Å². The zero-order valence-corrected chi connectivity index (χ0v) is 17.4. The number of benzene rings is 1. The number of carbonyl (C=O) groups excluding carboxylic acids is 1. The Balaban J connectivity index is 0.00000112. The molecule has 0 unspecified atom stereocenters. The number of likely N-dealkylation sites (tertiary alicyclic amines) is 1. The van der Waals surface area contributed by atoms with Crippen LogP contribution in [0.3, 0.4) is 0 Å². The van der Waals surface area contributed by atoms with E-state index in [0.717, 1.165) is 42.8 Å². The fourth-order valence-electron chi connectivity index (χ4n) is 5.12. The van der Waals surface area contributed by atoms with E-state index < -0.39 is 0 Å². The number of hydrogen-bond donors (Lipinski definition) is 2. The molecular weight excluding hydrogens is 401 g/mol. The largest absolute Gasteiger partial charge is 0.351 e. The fourth-order valence-corrected chi connectivity index (χ4v) is 5.12. The van der Waals surface area contributed by atoms with Gasteiger partial charge in [0.05, 0.1) is 5.41 Å². The van der Waals surface area contributed by atoms with Crippen molar-refractivity contribution in [3.8, 4) is 0 Å². The highest BCUT2D eigenvalue weighted by molar-refractivity contribution is 5.86. The third kappa shape index (κ3) is 3.61. The van der Waals surface area contributed by atoms with Crippen molar-refractivity contribution in [1.29, 1.82) is 0 Å². The van der Waals surface area contributed by atoms with Crippen LogP contribution in [0.5, 0.6) is 0 Å². The minimum atomic E-state index is -0.276. The number of halogens is 2. The maximum absolute atomic E-state index is 13.2. The highest BCUT2D eigenvalue weighted by Crippen LogP contribution is 2.42. The van der Waals surface area contributed by atoms with E-state index in [1.807, 2.05) is 18.2 Å². The Labute approximate surface area is 176 Å². The van der Waals surface area contributed by atoms with Gasteiger partial charge in [-0.05, 0) is 40.9 Å². The molecule has 5 rings (SSSR count). The molecule has 0 spiro atoms. The van der Waals surface area contributed by atoms with Gasteiger partial charge in [0.15, 0.2) is 0 Å². The molecule has 1 aliphatic carbocycles. The minimum absolute atomic E-state index is 0. The number of hydrogen-bond acceptors (Lipinski definition) is 6. The van der Waals surface area contributed by atoms with Crippen LogP contribution in [0.4, 0.5) is 0 Å². The summed E-state index contributed by atoms with van der Waals surface area (Å²) in [5.41, 5.74) is 2.21. The zero-order chi connectivity index (χ0) is 17.6. The number of nitrogens with zero attached hydrogens (tertiary/aromatic N) is 3. The Bertz CT molecular complexity index is 826. The van der Waals surface area contributed by atoms with E-state index in [4.69, 9.17) is 4.63 Å². The Hall–Kier alpha value is -1.41. The lowest BCUT2D eigenvalue weighted by Crippen LogP contribution is -2.47. The predicted octanol–water partition coefficient (Wildman–Crippen LogP) is 2.15. The first-order valence-corrected chi connectivity index (χ1v) is 9.69. The Morgan fingerprint density at radius 1 is 1.25 bits per heavy atom. The Morgan fingerprint density at radius 3 is 2.86 bits per heavy atom. The van der Waals surface area contributed by atoms with E-state index in [1.165, 1.54) is 25.7 Å². The van der Waals surface area contributed by atoms with Gasteiger partial charge in [-0.2, -0.15) is 0 Å². The van der Waals surface area contributed by atoms with Crippen molar-refractivity contribution in [3.05, 3.63) is 23.8 Å². The number of amides is 1. The van der Waals surface area contributed by atoms with Gasteiger partial charge >= 0.3 is 0 Å². The van der Waals surface area contributed by atoms with Crippen molar-refractivity contribution in [2.24, 2.45) is 11.3 Å². The van der Waals surface area contributed by atoms with E-state index in [1.54, 1.807) is 0 Å². The van der Waals surface area contributed by atoms with Crippen LogP contribution in [-0.4, -0.2) is 53.3 Å². The average Bonchev–Trinajstić information content (AvgIpc) is 3.41. The standard InChI is InChI=1S/C19H25N5O2.2ClH/c25-18(21-8-13-5-6-16-17(7-13)23-26-22-16)19-11-20-9-14(19)10-24(12-19)15-3-1-2-4-15;;/h5-7,14-15,20H,1-4,8-12H2,(H,21,25);2*1H/t14-,19-;;/m1../s1. The van der Waals surface area contributed by atoms with Gasteiger partial charge in [0.1, 0.15) is 11.0 Å². The van der Waals surface area contributed by atoms with E-state index in [-0.39, 0.29) is 36.1 Å². The number of fused-ring (bicyclic) bond motifs is 2. The third-order valence-corrected chi connectivity index (χ3v) is 6.62. The molecule has 3 fully saturated rings. The van der Waals surface area contributed by atoms with E-state index in [2.05, 4.69) is 25.8 Å². The molecule has 28 heavy (non-hydrogen) atoms. The van der Waals surface area contributed by atoms with Crippen molar-refractivity contribution >= 4 is 41.8 Å². The maximum atomic E-state index is 13.2. The second-order valence-electron chi connectivity index (χ2n) is 8.12. The molecule has 1 saturated carbocycles. The van der Waals surface area contributed by atoms with Crippen LogP contribution < -0.4 is 10.6 Å². The Morgan fingerprint density at radius 2 is 2.04 bits per heavy atom. The molecule has 0 radical (unpaired) electrons. The summed E-state index contributed by atoms with van der Waals surface area (Å²) in [6.45, 7) is 4.21. The van der Waals surface area contributed by atoms with Crippen LogP contribution in [0.1, 0.15) is 31.2 Å². The zero-order valence-electron chi connectivity index (χ0n) is 15.7. The number of nitrogens with one attached hydrogen (secondary N) is 2. The molecule has 2 aromatic rings. The normalized spacial score (nSPS) is 27.4. The van der Waals surface area contributed by atoms with Gasteiger partial charge in [0.2, 0.25) is 5.91 Å². The highest BCUT2D eigenvalue weighted by Gasteiger charge is 2.55. The van der Waals surface area contributed by atoms with Crippen LogP contribution in [0.2, 0.25) is 0 Å². The summed E-state index contributed by atoms with van der Waals surface area (Å²) in [6, 6.07) is 6.46. The monoisotopic (exact) mass is 427 g/mol. The van der Waals surface area contributed by atoms with Crippen LogP contribution in [0.25, 0.3) is 11.0 Å². The first-order chi connectivity index (χ1) is 12.7. The van der Waals surface area contributed by atoms with Crippen molar-refractivity contribution in [1.82, 2.24) is 25.8 Å². The van der Waals surface area contributed by atoms with E-state index in [9.17, 15) is 4.79 Å². The molecule has 0 bridgehead atoms. The van der Waals surface area contributed by atoms with Crippen LogP contribution >= 0.6 is 24.8 Å². The summed E-state index contributed by atoms with van der Waals surface area (Å²) in [5.74, 6) is 0.608. The quantitative estimate of drug-likeness (QED) is 0.777. The molecule has 2 saturated heterocycles. The van der Waals surface area contributed by atoms with Crippen molar-refractivity contribution in [2.75, 3.05) is 26.2 Å². The van der Waals surface area contributed by atoms with Crippen molar-refractivity contribution < 1.29 is 9.42 Å². The molecule has 2 N–H and O–H groups in total. The molecule has 7 nitrogen and oxygen atoms in total. The smallest absolute Gasteiger partial charge is 0.229 e. The van der Waals surface area contributed by atoms with E-state index >= 15 is 0 Å². The first-order valence-electron chi connectivity index (χ1n) is 9.69. The summed E-state index contributed by atoms with van der Waals surface area (Å²) in [5, 5.41) is 14.3. The molecule has 3 aliphatic rings. The van der Waals surface area contributed by atoms with Gasteiger partial charge < -0.3 is 10.6 Å². The number of rotatable bonds is 4. The number of carbonyl (C=O) groups is 1. The first kappa shape index (κ1) is 21.3. The van der Waals surface area contributed by atoms with Gasteiger partial charge in [-0.1, -0.05) is 18.9 Å². The molecular formula is C19H27Cl2N5O2. The van der Waals surface area contributed by atoms with Crippen molar-refractivity contribution in [2.45, 2.75) is 38.3 Å². The molecule has 2 aliphatic heterocycles. The summed E-state index contributed by atoms with van der Waals surface area (Å²) in [4.78, 5) is 15.8. The number of aromatic nitrogens is 2. The highest BCUT2D eigenvalue weighted by atomic mass is 35.5. The van der Waals surface area contributed by atoms with Crippen LogP contribution in [-0.2, 0) is 11.3 Å². The third-order valence-electron chi connectivity index (χ3n) is 6.62. The predicted molar refractivity (Wildman–Crippen MR) is 111 cm³/mol. The summed E-state index contributed by atoms with van der Waals surface area (Å²) in [7, 11) is 0. The fraction of sp³-hybridized carbons (Fsp3) is 0.632. The molecule has 154 valence electrons. The van der Waals surface area contributed by atoms with Gasteiger partial charge in [-0.25, -0.2) is 4.63 Å². The van der Waals surface area contributed by atoms with Gasteiger partial charge in [-0.3, -0.25) is 9.69 Å². The lowest BCUT2D eigenvalue weighted by molar-refractivity contribution is -0.131. The molecule has 3 heterocycles. The molecule has 1 amide bonds. The second kappa shape index (κ2) is 8.53. The second-order valence-corrected chi connectivity index (χ2v) is 8.12.